The molecule has 120 valence electrons. The Balaban J connectivity index is 1.92. The smallest absolute Gasteiger partial charge is 0.0136 e. The molecule has 0 fully saturated rings. The lowest BCUT2D eigenvalue weighted by molar-refractivity contribution is 1.55. The van der Waals surface area contributed by atoms with E-state index in [0.717, 1.165) is 0 Å². The molecule has 0 N–H and O–H groups in total. The molecule has 0 unspecified atom stereocenters. The van der Waals surface area contributed by atoms with Gasteiger partial charge in [0, 0.05) is 3.57 Å². The van der Waals surface area contributed by atoms with Gasteiger partial charge in [-0.25, -0.2) is 0 Å². The Labute approximate surface area is 162 Å². The fourth-order valence-electron chi connectivity index (χ4n) is 3.12. The van der Waals surface area contributed by atoms with E-state index in [1.165, 1.54) is 37.0 Å². The van der Waals surface area contributed by atoms with E-state index in [1.54, 1.807) is 0 Å². The molecule has 0 aromatic heterocycles. The van der Waals surface area contributed by atoms with Crippen molar-refractivity contribution in [2.24, 2.45) is 0 Å². The zero-order valence-electron chi connectivity index (χ0n) is 13.7. The maximum absolute atomic E-state index is 2.37. The minimum absolute atomic E-state index is 1.24. The highest BCUT2D eigenvalue weighted by atomic mass is 127. The van der Waals surface area contributed by atoms with Crippen LogP contribution in [0.2, 0.25) is 0 Å². The number of hydrogen-bond acceptors (Lipinski definition) is 0. The highest BCUT2D eigenvalue weighted by Gasteiger charge is 2.09. The van der Waals surface area contributed by atoms with Gasteiger partial charge in [-0.05, 0) is 74.2 Å². The molecule has 0 amide bonds. The van der Waals surface area contributed by atoms with Crippen LogP contribution < -0.4 is 0 Å². The molecule has 0 saturated heterocycles. The molecule has 0 bridgehead atoms. The van der Waals surface area contributed by atoms with Crippen molar-refractivity contribution in [2.75, 3.05) is 0 Å². The Kier molecular flexibility index (Phi) is 4.66. The molecule has 0 spiro atoms. The highest BCUT2D eigenvalue weighted by Crippen LogP contribution is 2.35. The van der Waals surface area contributed by atoms with Crippen molar-refractivity contribution in [2.45, 2.75) is 0 Å². The summed E-state index contributed by atoms with van der Waals surface area (Å²) < 4.78 is 1.25. The SMILES string of the molecule is Ic1cccc(-c2ccc(-c3ccccc3)c(-c3ccccc3)c2)c1. The standard InChI is InChI=1S/C24H17I/c25-22-13-7-12-20(16-22)21-14-15-23(18-8-3-1-4-9-18)24(17-21)19-10-5-2-6-11-19/h1-17H. The number of halogens is 1. The van der Waals surface area contributed by atoms with E-state index in [9.17, 15) is 0 Å². The monoisotopic (exact) mass is 432 g/mol. The van der Waals surface area contributed by atoms with Crippen molar-refractivity contribution in [1.82, 2.24) is 0 Å². The summed E-state index contributed by atoms with van der Waals surface area (Å²) in [6, 6.07) is 36.6. The topological polar surface area (TPSA) is 0 Å². The molecule has 0 radical (unpaired) electrons. The van der Waals surface area contributed by atoms with Crippen LogP contribution in [0.3, 0.4) is 0 Å². The van der Waals surface area contributed by atoms with Crippen molar-refractivity contribution in [3.8, 4) is 33.4 Å². The lowest BCUT2D eigenvalue weighted by atomic mass is 9.91. The van der Waals surface area contributed by atoms with Crippen molar-refractivity contribution in [3.05, 3.63) is 107 Å². The van der Waals surface area contributed by atoms with Crippen LogP contribution in [-0.4, -0.2) is 0 Å². The van der Waals surface area contributed by atoms with Crippen molar-refractivity contribution in [3.63, 3.8) is 0 Å². The van der Waals surface area contributed by atoms with E-state index in [1.807, 2.05) is 0 Å². The van der Waals surface area contributed by atoms with Gasteiger partial charge < -0.3 is 0 Å². The maximum atomic E-state index is 2.37. The molecular weight excluding hydrogens is 415 g/mol. The first-order valence-electron chi connectivity index (χ1n) is 8.32. The van der Waals surface area contributed by atoms with E-state index in [2.05, 4.69) is 126 Å². The maximum Gasteiger partial charge on any atom is 0.0136 e. The van der Waals surface area contributed by atoms with E-state index in [0.29, 0.717) is 0 Å². The number of benzene rings is 4. The molecule has 4 aromatic rings. The third-order valence-electron chi connectivity index (χ3n) is 4.35. The van der Waals surface area contributed by atoms with Crippen LogP contribution in [0, 0.1) is 3.57 Å². The normalized spacial score (nSPS) is 10.6. The van der Waals surface area contributed by atoms with Crippen molar-refractivity contribution in [1.29, 1.82) is 0 Å². The second kappa shape index (κ2) is 7.24. The summed E-state index contributed by atoms with van der Waals surface area (Å²) in [5.74, 6) is 0. The van der Waals surface area contributed by atoms with E-state index in [4.69, 9.17) is 0 Å². The molecule has 4 aromatic carbocycles. The van der Waals surface area contributed by atoms with Gasteiger partial charge in [-0.15, -0.1) is 0 Å². The molecule has 25 heavy (non-hydrogen) atoms. The predicted molar refractivity (Wildman–Crippen MR) is 115 cm³/mol. The summed E-state index contributed by atoms with van der Waals surface area (Å²) >= 11 is 2.37. The average molecular weight is 432 g/mol. The van der Waals surface area contributed by atoms with E-state index >= 15 is 0 Å². The summed E-state index contributed by atoms with van der Waals surface area (Å²) in [6.45, 7) is 0. The fraction of sp³-hybridized carbons (Fsp3) is 0. The lowest BCUT2D eigenvalue weighted by Crippen LogP contribution is -1.88. The Hall–Kier alpha value is -2.39. The Morgan fingerprint density at radius 1 is 0.400 bits per heavy atom. The number of hydrogen-bond donors (Lipinski definition) is 0. The van der Waals surface area contributed by atoms with Crippen LogP contribution in [0.4, 0.5) is 0 Å². The minimum Gasteiger partial charge on any atom is -0.0622 e. The van der Waals surface area contributed by atoms with Crippen molar-refractivity contribution < 1.29 is 0 Å². The Bertz CT molecular complexity index is 989. The van der Waals surface area contributed by atoms with Gasteiger partial charge in [0.25, 0.3) is 0 Å². The van der Waals surface area contributed by atoms with Gasteiger partial charge in [0.2, 0.25) is 0 Å². The minimum atomic E-state index is 1.24. The van der Waals surface area contributed by atoms with E-state index in [-0.39, 0.29) is 0 Å². The Morgan fingerprint density at radius 2 is 0.960 bits per heavy atom. The largest absolute Gasteiger partial charge is 0.0622 e. The molecule has 0 nitrogen and oxygen atoms in total. The Morgan fingerprint density at radius 3 is 1.60 bits per heavy atom. The molecule has 0 saturated carbocycles. The molecule has 0 aliphatic carbocycles. The van der Waals surface area contributed by atoms with Crippen LogP contribution in [0.25, 0.3) is 33.4 Å². The van der Waals surface area contributed by atoms with Crippen LogP contribution in [-0.2, 0) is 0 Å². The van der Waals surface area contributed by atoms with E-state index < -0.39 is 0 Å². The molecule has 0 heterocycles. The third kappa shape index (κ3) is 3.52. The van der Waals surface area contributed by atoms with Crippen LogP contribution in [0.1, 0.15) is 0 Å². The van der Waals surface area contributed by atoms with Gasteiger partial charge in [-0.3, -0.25) is 0 Å². The summed E-state index contributed by atoms with van der Waals surface area (Å²) in [6.07, 6.45) is 0. The van der Waals surface area contributed by atoms with Gasteiger partial charge in [0.05, 0.1) is 0 Å². The molecule has 0 aliphatic rings. The zero-order valence-corrected chi connectivity index (χ0v) is 15.9. The van der Waals surface area contributed by atoms with Gasteiger partial charge >= 0.3 is 0 Å². The highest BCUT2D eigenvalue weighted by molar-refractivity contribution is 14.1. The number of rotatable bonds is 3. The molecule has 4 rings (SSSR count). The van der Waals surface area contributed by atoms with Gasteiger partial charge in [0.1, 0.15) is 0 Å². The van der Waals surface area contributed by atoms with Crippen LogP contribution in [0.15, 0.2) is 103 Å². The fourth-order valence-corrected chi connectivity index (χ4v) is 3.66. The molecular formula is C24H17I. The summed E-state index contributed by atoms with van der Waals surface area (Å²) in [4.78, 5) is 0. The van der Waals surface area contributed by atoms with Gasteiger partial charge in [0.15, 0.2) is 0 Å². The lowest BCUT2D eigenvalue weighted by Gasteiger charge is -2.13. The third-order valence-corrected chi connectivity index (χ3v) is 5.02. The first-order valence-corrected chi connectivity index (χ1v) is 9.40. The first-order chi connectivity index (χ1) is 12.3. The predicted octanol–water partition coefficient (Wildman–Crippen LogP) is 7.29. The van der Waals surface area contributed by atoms with Crippen molar-refractivity contribution >= 4 is 22.6 Å². The summed E-state index contributed by atoms with van der Waals surface area (Å²) in [5, 5.41) is 0. The first kappa shape index (κ1) is 16.1. The summed E-state index contributed by atoms with van der Waals surface area (Å²) in [7, 11) is 0. The quantitative estimate of drug-likeness (QED) is 0.298. The molecule has 0 aliphatic heterocycles. The zero-order chi connectivity index (χ0) is 17.1. The second-order valence-corrected chi connectivity index (χ2v) is 7.25. The van der Waals surface area contributed by atoms with Crippen LogP contribution >= 0.6 is 22.6 Å². The van der Waals surface area contributed by atoms with Gasteiger partial charge in [-0.1, -0.05) is 84.9 Å². The molecule has 1 heteroatoms. The summed E-state index contributed by atoms with van der Waals surface area (Å²) in [5.41, 5.74) is 7.52. The average Bonchev–Trinajstić information content (AvgIpc) is 2.69. The van der Waals surface area contributed by atoms with Gasteiger partial charge in [-0.2, -0.15) is 0 Å². The van der Waals surface area contributed by atoms with Crippen LogP contribution in [0.5, 0.6) is 0 Å². The molecule has 0 atom stereocenters. The second-order valence-electron chi connectivity index (χ2n) is 6.00.